The number of thiol groups is 1. The molecule has 0 saturated heterocycles. The first kappa shape index (κ1) is 39.5. The van der Waals surface area contributed by atoms with Gasteiger partial charge in [-0.1, -0.05) is 178 Å². The molecular formula is C61H53NS. The molecule has 0 radical (unpaired) electrons. The fourth-order valence-electron chi connectivity index (χ4n) is 11.2. The van der Waals surface area contributed by atoms with E-state index in [1.54, 1.807) is 0 Å². The Bertz CT molecular complexity index is 2900. The molecule has 7 aromatic carbocycles. The minimum atomic E-state index is -0.438. The molecule has 4 aliphatic carbocycles. The molecule has 0 aliphatic heterocycles. The summed E-state index contributed by atoms with van der Waals surface area (Å²) in [5, 5.41) is 0. The first-order valence-electron chi connectivity index (χ1n) is 23.0. The topological polar surface area (TPSA) is 3.24 Å². The third kappa shape index (κ3) is 6.78. The van der Waals surface area contributed by atoms with E-state index in [1.807, 2.05) is 0 Å². The smallest absolute Gasteiger partial charge is 0.0713 e. The highest BCUT2D eigenvalue weighted by Crippen LogP contribution is 2.56. The monoisotopic (exact) mass is 831 g/mol. The Kier molecular flexibility index (Phi) is 10.3. The molecule has 63 heavy (non-hydrogen) atoms. The molecule has 0 heterocycles. The Morgan fingerprint density at radius 2 is 1.21 bits per heavy atom. The van der Waals surface area contributed by atoms with E-state index < -0.39 is 5.41 Å². The molecule has 0 N–H and O–H groups in total. The maximum Gasteiger partial charge on any atom is 0.0713 e. The van der Waals surface area contributed by atoms with Crippen LogP contribution in [-0.4, -0.2) is 0 Å². The predicted molar refractivity (Wildman–Crippen MR) is 270 cm³/mol. The van der Waals surface area contributed by atoms with Crippen LogP contribution < -0.4 is 4.90 Å². The second kappa shape index (κ2) is 16.4. The second-order valence-corrected chi connectivity index (χ2v) is 18.5. The van der Waals surface area contributed by atoms with Gasteiger partial charge in [0.15, 0.2) is 0 Å². The Balaban J connectivity index is 0.998. The van der Waals surface area contributed by atoms with Crippen molar-refractivity contribution in [2.75, 3.05) is 4.90 Å². The maximum atomic E-state index is 5.19. The molecule has 11 rings (SSSR count). The molecule has 0 fully saturated rings. The number of hydrogen-bond donors (Lipinski definition) is 1. The van der Waals surface area contributed by atoms with E-state index in [4.69, 9.17) is 12.6 Å². The van der Waals surface area contributed by atoms with Gasteiger partial charge in [0, 0.05) is 27.9 Å². The van der Waals surface area contributed by atoms with E-state index in [0.717, 1.165) is 34.8 Å². The Hall–Kier alpha value is -6.35. The summed E-state index contributed by atoms with van der Waals surface area (Å²) < 4.78 is 0. The van der Waals surface area contributed by atoms with Crippen molar-refractivity contribution in [1.29, 1.82) is 0 Å². The molecule has 2 unspecified atom stereocenters. The highest BCUT2D eigenvalue weighted by Gasteiger charge is 2.45. The fourth-order valence-corrected chi connectivity index (χ4v) is 11.6. The Morgan fingerprint density at radius 3 is 1.86 bits per heavy atom. The van der Waals surface area contributed by atoms with Gasteiger partial charge in [-0.2, -0.15) is 0 Å². The van der Waals surface area contributed by atoms with Gasteiger partial charge in [-0.05, 0) is 153 Å². The average molecular weight is 832 g/mol. The average Bonchev–Trinajstić information content (AvgIpc) is 3.64. The highest BCUT2D eigenvalue weighted by atomic mass is 32.1. The number of hydrogen-bond acceptors (Lipinski definition) is 2. The molecule has 2 heteroatoms. The van der Waals surface area contributed by atoms with Crippen LogP contribution in [0.1, 0.15) is 102 Å². The van der Waals surface area contributed by atoms with Crippen LogP contribution in [0.25, 0.3) is 28.3 Å². The van der Waals surface area contributed by atoms with Crippen LogP contribution in [0, 0.1) is 11.8 Å². The van der Waals surface area contributed by atoms with E-state index in [2.05, 4.69) is 219 Å². The summed E-state index contributed by atoms with van der Waals surface area (Å²) in [7, 11) is 0. The molecule has 0 bridgehead atoms. The highest BCUT2D eigenvalue weighted by molar-refractivity contribution is 7.80. The van der Waals surface area contributed by atoms with Gasteiger partial charge in [0.1, 0.15) is 0 Å². The summed E-state index contributed by atoms with van der Waals surface area (Å²) >= 11 is 5.19. The molecule has 4 aliphatic rings. The normalized spacial score (nSPS) is 19.4. The summed E-state index contributed by atoms with van der Waals surface area (Å²) in [4.78, 5) is 3.50. The van der Waals surface area contributed by atoms with E-state index in [0.29, 0.717) is 11.8 Å². The van der Waals surface area contributed by atoms with E-state index in [1.165, 1.54) is 91.6 Å². The third-order valence-corrected chi connectivity index (χ3v) is 14.8. The number of rotatable bonds is 8. The number of fused-ring (bicyclic) bond motifs is 4. The standard InChI is InChI=1S/C61H53NS/c1-41-14-13-17-46(40-41)52-38-39-55-56(60(52)63)37-24-42(2)59(55)45-27-33-50(34-28-45)62(49-31-25-44(26-32-49)43-15-5-3-6-16-43)51-35-29-48(30-36-51)61(47-18-7-4-8-19-47)57-22-11-9-20-53(57)54-21-10-12-23-58(54)61/h4,7-13,15,17-42,59,63H,3,5-6,14,16H2,1-2H3/t41-,42?,59?/m1/s1. The zero-order chi connectivity index (χ0) is 42.5. The van der Waals surface area contributed by atoms with Crippen LogP contribution in [0.15, 0.2) is 199 Å². The van der Waals surface area contributed by atoms with Crippen LogP contribution in [0.5, 0.6) is 0 Å². The molecular weight excluding hydrogens is 779 g/mol. The molecule has 0 saturated carbocycles. The second-order valence-electron chi connectivity index (χ2n) is 18.1. The van der Waals surface area contributed by atoms with Gasteiger partial charge in [0.2, 0.25) is 0 Å². The lowest BCUT2D eigenvalue weighted by Gasteiger charge is -2.34. The minimum absolute atomic E-state index is 0.232. The van der Waals surface area contributed by atoms with Crippen LogP contribution in [0.2, 0.25) is 0 Å². The van der Waals surface area contributed by atoms with Gasteiger partial charge in [0.05, 0.1) is 5.41 Å². The zero-order valence-electron chi connectivity index (χ0n) is 36.2. The minimum Gasteiger partial charge on any atom is -0.311 e. The SMILES string of the molecule is CC1C=Cc2c(ccc(C3=C[C@H](C)CC=C3)c2S)C1c1ccc(N(c2ccc(C3=CCCCC3)cc2)c2ccc(C3(c4ccccc4)c4ccccc4-c4ccccc43)cc2)cc1. The summed E-state index contributed by atoms with van der Waals surface area (Å²) in [6.45, 7) is 4.64. The van der Waals surface area contributed by atoms with Crippen molar-refractivity contribution in [3.8, 4) is 11.1 Å². The Morgan fingerprint density at radius 1 is 0.587 bits per heavy atom. The number of anilines is 3. The number of benzene rings is 7. The summed E-state index contributed by atoms with van der Waals surface area (Å²) in [6, 6.07) is 61.8. The summed E-state index contributed by atoms with van der Waals surface area (Å²) in [6.07, 6.45) is 20.0. The first-order valence-corrected chi connectivity index (χ1v) is 23.4. The predicted octanol–water partition coefficient (Wildman–Crippen LogP) is 16.5. The van der Waals surface area contributed by atoms with Crippen LogP contribution in [0.4, 0.5) is 17.1 Å². The first-order chi connectivity index (χ1) is 31.0. The molecule has 3 atom stereocenters. The molecule has 0 amide bonds. The van der Waals surface area contributed by atoms with Crippen LogP contribution in [-0.2, 0) is 5.41 Å². The molecule has 1 nitrogen and oxygen atoms in total. The van der Waals surface area contributed by atoms with Crippen LogP contribution in [0.3, 0.4) is 0 Å². The maximum absolute atomic E-state index is 5.19. The van der Waals surface area contributed by atoms with Crippen LogP contribution >= 0.6 is 12.6 Å². The molecule has 308 valence electrons. The largest absolute Gasteiger partial charge is 0.311 e. The van der Waals surface area contributed by atoms with Crippen molar-refractivity contribution in [1.82, 2.24) is 0 Å². The molecule has 0 aromatic heterocycles. The van der Waals surface area contributed by atoms with Gasteiger partial charge in [-0.25, -0.2) is 0 Å². The van der Waals surface area contributed by atoms with E-state index in [-0.39, 0.29) is 5.92 Å². The third-order valence-electron chi connectivity index (χ3n) is 14.3. The van der Waals surface area contributed by atoms with Crippen molar-refractivity contribution >= 4 is 46.9 Å². The number of nitrogens with zero attached hydrogens (tertiary/aromatic N) is 1. The summed E-state index contributed by atoms with van der Waals surface area (Å²) in [5.41, 5.74) is 20.0. The lowest BCUT2D eigenvalue weighted by molar-refractivity contribution is 0.616. The van der Waals surface area contributed by atoms with E-state index in [9.17, 15) is 0 Å². The van der Waals surface area contributed by atoms with Gasteiger partial charge >= 0.3 is 0 Å². The molecule has 7 aromatic rings. The summed E-state index contributed by atoms with van der Waals surface area (Å²) in [5.74, 6) is 1.12. The van der Waals surface area contributed by atoms with Crippen molar-refractivity contribution in [2.24, 2.45) is 11.8 Å². The van der Waals surface area contributed by atoms with Gasteiger partial charge in [0.25, 0.3) is 0 Å². The van der Waals surface area contributed by atoms with E-state index >= 15 is 0 Å². The van der Waals surface area contributed by atoms with Gasteiger partial charge in [-0.3, -0.25) is 0 Å². The van der Waals surface area contributed by atoms with Gasteiger partial charge < -0.3 is 4.90 Å². The quantitative estimate of drug-likeness (QED) is 0.149. The fraction of sp³-hybridized carbons (Fsp3) is 0.180. The van der Waals surface area contributed by atoms with Gasteiger partial charge in [-0.15, -0.1) is 12.6 Å². The van der Waals surface area contributed by atoms with Crippen molar-refractivity contribution in [2.45, 2.75) is 62.2 Å². The van der Waals surface area contributed by atoms with Crippen molar-refractivity contribution < 1.29 is 0 Å². The lowest BCUT2D eigenvalue weighted by Crippen LogP contribution is -2.28. The van der Waals surface area contributed by atoms with Crippen molar-refractivity contribution in [3.05, 3.63) is 244 Å². The zero-order valence-corrected chi connectivity index (χ0v) is 37.1. The van der Waals surface area contributed by atoms with Crippen molar-refractivity contribution in [3.63, 3.8) is 0 Å². The Labute approximate surface area is 379 Å². The molecule has 0 spiro atoms. The lowest BCUT2D eigenvalue weighted by atomic mass is 9.68. The number of allylic oxidation sites excluding steroid dienone is 7.